The Morgan fingerprint density at radius 2 is 2.17 bits per heavy atom. The molecule has 0 spiro atoms. The summed E-state index contributed by atoms with van der Waals surface area (Å²) in [5, 5.41) is 2.44. The molecule has 1 aromatic rings. The summed E-state index contributed by atoms with van der Waals surface area (Å²) in [6.45, 7) is -1.22. The van der Waals surface area contributed by atoms with E-state index in [1.807, 2.05) is 0 Å². The molecule has 0 unspecified atom stereocenters. The molecule has 2 rings (SSSR count). The van der Waals surface area contributed by atoms with E-state index >= 15 is 0 Å². The van der Waals surface area contributed by atoms with Gasteiger partial charge >= 0.3 is 6.18 Å². The van der Waals surface area contributed by atoms with Crippen molar-refractivity contribution in [1.29, 1.82) is 0 Å². The van der Waals surface area contributed by atoms with E-state index in [2.05, 4.69) is 10.1 Å². The third-order valence-electron chi connectivity index (χ3n) is 2.79. The van der Waals surface area contributed by atoms with E-state index in [9.17, 15) is 22.8 Å². The Labute approximate surface area is 139 Å². The molecule has 0 radical (unpaired) electrons. The van der Waals surface area contributed by atoms with Crippen molar-refractivity contribution in [3.8, 4) is 5.75 Å². The first-order valence-electron chi connectivity index (χ1n) is 6.45. The maximum Gasteiger partial charge on any atom is 0.422 e. The van der Waals surface area contributed by atoms with Gasteiger partial charge < -0.3 is 15.0 Å². The zero-order valence-corrected chi connectivity index (χ0v) is 13.2. The van der Waals surface area contributed by atoms with Gasteiger partial charge in [0.05, 0.1) is 5.69 Å². The smallest absolute Gasteiger partial charge is 0.422 e. The number of alkyl halides is 3. The van der Waals surface area contributed by atoms with Crippen molar-refractivity contribution in [2.45, 2.75) is 6.18 Å². The van der Waals surface area contributed by atoms with Gasteiger partial charge in [0.1, 0.15) is 12.3 Å². The number of benzene rings is 1. The molecule has 1 aromatic carbocycles. The third-order valence-corrected chi connectivity index (χ3v) is 3.91. The number of anilines is 1. The van der Waals surface area contributed by atoms with Crippen LogP contribution in [0.3, 0.4) is 0 Å². The molecule has 126 valence electrons. The van der Waals surface area contributed by atoms with Crippen LogP contribution in [0.15, 0.2) is 18.2 Å². The minimum atomic E-state index is -4.50. The largest absolute Gasteiger partial charge is 0.482 e. The van der Waals surface area contributed by atoms with Crippen LogP contribution in [0.4, 0.5) is 23.7 Å². The van der Waals surface area contributed by atoms with Crippen molar-refractivity contribution in [1.82, 2.24) is 4.90 Å². The van der Waals surface area contributed by atoms with Gasteiger partial charge in [0.25, 0.3) is 5.24 Å². The standard InChI is InChI=1S/C13H12ClF3N2O3S/c14-8-1-2-10(22-7-13(15,16)17)9(5-8)18-11(20)6-19-3-4-23-12(19)21/h1-2,5H,3-4,6-7H2,(H,18,20). The van der Waals surface area contributed by atoms with Crippen LogP contribution >= 0.6 is 23.4 Å². The minimum Gasteiger partial charge on any atom is -0.482 e. The zero-order valence-electron chi connectivity index (χ0n) is 11.7. The number of amides is 2. The molecule has 1 heterocycles. The Hall–Kier alpha value is -1.61. The second-order valence-corrected chi connectivity index (χ2v) is 6.11. The molecule has 2 amide bonds. The summed E-state index contributed by atoms with van der Waals surface area (Å²) in [5.74, 6) is -0.0920. The van der Waals surface area contributed by atoms with E-state index in [1.165, 1.54) is 23.1 Å². The Morgan fingerprint density at radius 1 is 1.43 bits per heavy atom. The fraction of sp³-hybridized carbons (Fsp3) is 0.385. The number of ether oxygens (including phenoxy) is 1. The third kappa shape index (κ3) is 5.51. The van der Waals surface area contributed by atoms with Gasteiger partial charge in [-0.15, -0.1) is 0 Å². The van der Waals surface area contributed by atoms with Crippen molar-refractivity contribution < 1.29 is 27.5 Å². The van der Waals surface area contributed by atoms with Gasteiger partial charge in [0.2, 0.25) is 5.91 Å². The van der Waals surface area contributed by atoms with Crippen molar-refractivity contribution >= 4 is 40.2 Å². The Balaban J connectivity index is 2.03. The lowest BCUT2D eigenvalue weighted by Crippen LogP contribution is -2.33. The number of carbonyl (C=O) groups excluding carboxylic acids is 2. The van der Waals surface area contributed by atoms with Crippen LogP contribution in [0.2, 0.25) is 5.02 Å². The topological polar surface area (TPSA) is 58.6 Å². The molecule has 0 saturated carbocycles. The molecule has 1 aliphatic rings. The highest BCUT2D eigenvalue weighted by atomic mass is 35.5. The van der Waals surface area contributed by atoms with Gasteiger partial charge in [0.15, 0.2) is 6.61 Å². The number of hydrogen-bond acceptors (Lipinski definition) is 4. The van der Waals surface area contributed by atoms with Crippen LogP contribution in [0, 0.1) is 0 Å². The second kappa shape index (κ2) is 7.31. The summed E-state index contributed by atoms with van der Waals surface area (Å²) >= 11 is 6.89. The molecular weight excluding hydrogens is 357 g/mol. The maximum absolute atomic E-state index is 12.2. The average Bonchev–Trinajstić information content (AvgIpc) is 2.82. The van der Waals surface area contributed by atoms with E-state index in [-0.39, 0.29) is 28.2 Å². The first-order chi connectivity index (χ1) is 10.7. The molecule has 5 nitrogen and oxygen atoms in total. The number of thioether (sulfide) groups is 1. The highest BCUT2D eigenvalue weighted by Crippen LogP contribution is 2.30. The van der Waals surface area contributed by atoms with Gasteiger partial charge in [-0.3, -0.25) is 9.59 Å². The van der Waals surface area contributed by atoms with Gasteiger partial charge in [-0.25, -0.2) is 0 Å². The zero-order chi connectivity index (χ0) is 17.0. The molecular formula is C13H12ClF3N2O3S. The lowest BCUT2D eigenvalue weighted by Gasteiger charge is -2.17. The van der Waals surface area contributed by atoms with E-state index in [0.29, 0.717) is 12.3 Å². The molecule has 1 fully saturated rings. The van der Waals surface area contributed by atoms with Crippen molar-refractivity contribution in [3.05, 3.63) is 23.2 Å². The molecule has 1 aliphatic heterocycles. The fourth-order valence-corrected chi connectivity index (χ4v) is 2.81. The maximum atomic E-state index is 12.2. The minimum absolute atomic E-state index is 0.0195. The van der Waals surface area contributed by atoms with Gasteiger partial charge in [-0.1, -0.05) is 23.4 Å². The average molecular weight is 369 g/mol. The predicted molar refractivity (Wildman–Crippen MR) is 81.1 cm³/mol. The van der Waals surface area contributed by atoms with Crippen LogP contribution in [0.5, 0.6) is 5.75 Å². The summed E-state index contributed by atoms with van der Waals surface area (Å²) in [6, 6.07) is 3.87. The Kier molecular flexibility index (Phi) is 5.64. The first-order valence-corrected chi connectivity index (χ1v) is 7.81. The Morgan fingerprint density at radius 3 is 2.78 bits per heavy atom. The van der Waals surface area contributed by atoms with Gasteiger partial charge in [0, 0.05) is 17.3 Å². The van der Waals surface area contributed by atoms with Crippen LogP contribution in [-0.4, -0.2) is 47.7 Å². The quantitative estimate of drug-likeness (QED) is 0.865. The van der Waals surface area contributed by atoms with Crippen LogP contribution in [0.25, 0.3) is 0 Å². The monoisotopic (exact) mass is 368 g/mol. The van der Waals surface area contributed by atoms with Crippen molar-refractivity contribution in [2.75, 3.05) is 30.8 Å². The van der Waals surface area contributed by atoms with E-state index < -0.39 is 18.7 Å². The van der Waals surface area contributed by atoms with Gasteiger partial charge in [-0.2, -0.15) is 13.2 Å². The fourth-order valence-electron chi connectivity index (χ4n) is 1.82. The van der Waals surface area contributed by atoms with Crippen molar-refractivity contribution in [3.63, 3.8) is 0 Å². The number of rotatable bonds is 5. The van der Waals surface area contributed by atoms with Crippen molar-refractivity contribution in [2.24, 2.45) is 0 Å². The number of hydrogen-bond donors (Lipinski definition) is 1. The van der Waals surface area contributed by atoms with Crippen LogP contribution in [0.1, 0.15) is 0 Å². The van der Waals surface area contributed by atoms with Crippen LogP contribution < -0.4 is 10.1 Å². The molecule has 0 bridgehead atoms. The summed E-state index contributed by atoms with van der Waals surface area (Å²) in [5.41, 5.74) is 0.0195. The summed E-state index contributed by atoms with van der Waals surface area (Å²) in [4.78, 5) is 24.7. The highest BCUT2D eigenvalue weighted by molar-refractivity contribution is 8.13. The van der Waals surface area contributed by atoms with Crippen LogP contribution in [-0.2, 0) is 4.79 Å². The molecule has 1 N–H and O–H groups in total. The van der Waals surface area contributed by atoms with E-state index in [0.717, 1.165) is 11.8 Å². The number of halogens is 4. The molecule has 0 atom stereocenters. The lowest BCUT2D eigenvalue weighted by molar-refractivity contribution is -0.153. The molecule has 0 aromatic heterocycles. The first kappa shape index (κ1) is 17.7. The summed E-state index contributed by atoms with van der Waals surface area (Å²) in [6.07, 6.45) is -4.50. The van der Waals surface area contributed by atoms with Gasteiger partial charge in [-0.05, 0) is 18.2 Å². The van der Waals surface area contributed by atoms with E-state index in [1.54, 1.807) is 0 Å². The highest BCUT2D eigenvalue weighted by Gasteiger charge is 2.29. The van der Waals surface area contributed by atoms with E-state index in [4.69, 9.17) is 11.6 Å². The summed E-state index contributed by atoms with van der Waals surface area (Å²) < 4.78 is 41.4. The SMILES string of the molecule is O=C(CN1CCSC1=O)Nc1cc(Cl)ccc1OCC(F)(F)F. The second-order valence-electron chi connectivity index (χ2n) is 4.63. The summed E-state index contributed by atoms with van der Waals surface area (Å²) in [7, 11) is 0. The number of nitrogens with zero attached hydrogens (tertiary/aromatic N) is 1. The molecule has 1 saturated heterocycles. The molecule has 23 heavy (non-hydrogen) atoms. The number of nitrogens with one attached hydrogen (secondary N) is 1. The molecule has 10 heteroatoms. The lowest BCUT2D eigenvalue weighted by atomic mass is 10.3. The molecule has 0 aliphatic carbocycles. The Bertz CT molecular complexity index is 613. The normalized spacial score (nSPS) is 15.0. The number of carbonyl (C=O) groups is 2. The predicted octanol–water partition coefficient (Wildman–Crippen LogP) is 3.39.